The molecule has 4 rings (SSSR count). The maximum absolute atomic E-state index is 12.8. The van der Waals surface area contributed by atoms with Crippen molar-refractivity contribution >= 4 is 23.3 Å². The summed E-state index contributed by atoms with van der Waals surface area (Å²) in [7, 11) is 0. The summed E-state index contributed by atoms with van der Waals surface area (Å²) in [6.07, 6.45) is 3.79. The van der Waals surface area contributed by atoms with Crippen molar-refractivity contribution in [3.05, 3.63) is 90.1 Å². The molecule has 6 heteroatoms. The molecule has 0 aliphatic carbocycles. The molecule has 1 aliphatic rings. The van der Waals surface area contributed by atoms with Crippen molar-refractivity contribution in [3.63, 3.8) is 0 Å². The van der Waals surface area contributed by atoms with Crippen LogP contribution in [0, 0.1) is 0 Å². The number of anilines is 2. The van der Waals surface area contributed by atoms with Gasteiger partial charge in [-0.2, -0.15) is 0 Å². The number of aromatic nitrogens is 1. The predicted molar refractivity (Wildman–Crippen MR) is 136 cm³/mol. The Hall–Kier alpha value is -3.67. The van der Waals surface area contributed by atoms with E-state index < -0.39 is 0 Å². The van der Waals surface area contributed by atoms with E-state index in [1.807, 2.05) is 84.6 Å². The number of carbonyl (C=O) groups excluding carboxylic acids is 2. The molecular weight excluding hydrogens is 424 g/mol. The summed E-state index contributed by atoms with van der Waals surface area (Å²) in [5, 5.41) is 3.01. The lowest BCUT2D eigenvalue weighted by atomic mass is 9.95. The summed E-state index contributed by atoms with van der Waals surface area (Å²) >= 11 is 0. The van der Waals surface area contributed by atoms with Crippen molar-refractivity contribution in [3.8, 4) is 0 Å². The van der Waals surface area contributed by atoms with Gasteiger partial charge in [-0.3, -0.25) is 9.59 Å². The summed E-state index contributed by atoms with van der Waals surface area (Å²) in [5.74, 6) is 0.824. The molecule has 0 radical (unpaired) electrons. The monoisotopic (exact) mass is 456 g/mol. The van der Waals surface area contributed by atoms with Crippen LogP contribution in [0.15, 0.2) is 79.0 Å². The highest BCUT2D eigenvalue weighted by atomic mass is 16.2. The van der Waals surface area contributed by atoms with Crippen LogP contribution < -0.4 is 10.2 Å². The van der Waals surface area contributed by atoms with Crippen molar-refractivity contribution in [1.29, 1.82) is 0 Å². The van der Waals surface area contributed by atoms with Crippen LogP contribution in [0.5, 0.6) is 0 Å². The van der Waals surface area contributed by atoms with Gasteiger partial charge in [0, 0.05) is 26.2 Å². The Balaban J connectivity index is 1.33. The van der Waals surface area contributed by atoms with Crippen molar-refractivity contribution in [2.24, 2.45) is 0 Å². The molecule has 1 aliphatic heterocycles. The van der Waals surface area contributed by atoms with Gasteiger partial charge in [0.15, 0.2) is 0 Å². The summed E-state index contributed by atoms with van der Waals surface area (Å²) < 4.78 is 0. The van der Waals surface area contributed by atoms with Gasteiger partial charge in [0.1, 0.15) is 5.82 Å². The largest absolute Gasteiger partial charge is 0.355 e. The molecule has 176 valence electrons. The molecule has 1 unspecified atom stereocenters. The second-order valence-electron chi connectivity index (χ2n) is 8.65. The lowest BCUT2D eigenvalue weighted by Gasteiger charge is -2.23. The van der Waals surface area contributed by atoms with Crippen LogP contribution in [-0.2, 0) is 16.0 Å². The van der Waals surface area contributed by atoms with Gasteiger partial charge in [-0.25, -0.2) is 4.98 Å². The van der Waals surface area contributed by atoms with Crippen LogP contribution in [-0.4, -0.2) is 47.9 Å². The van der Waals surface area contributed by atoms with E-state index in [1.165, 1.54) is 0 Å². The smallest absolute Gasteiger partial charge is 0.231 e. The van der Waals surface area contributed by atoms with Gasteiger partial charge >= 0.3 is 0 Å². The summed E-state index contributed by atoms with van der Waals surface area (Å²) in [5.41, 5.74) is 2.76. The number of nitrogens with one attached hydrogen (secondary N) is 1. The average Bonchev–Trinajstić information content (AvgIpc) is 3.13. The third-order valence-electron chi connectivity index (χ3n) is 6.31. The number of hydrogen-bond acceptors (Lipinski definition) is 4. The fourth-order valence-corrected chi connectivity index (χ4v) is 4.41. The van der Waals surface area contributed by atoms with Crippen molar-refractivity contribution in [2.75, 3.05) is 36.4 Å². The number of carbonyl (C=O) groups is 2. The average molecular weight is 457 g/mol. The van der Waals surface area contributed by atoms with E-state index in [2.05, 4.69) is 15.2 Å². The third kappa shape index (κ3) is 6.01. The lowest BCUT2D eigenvalue weighted by molar-refractivity contribution is -0.130. The first-order valence-electron chi connectivity index (χ1n) is 12.0. The number of nitrogens with zero attached hydrogens (tertiary/aromatic N) is 3. The van der Waals surface area contributed by atoms with Crippen LogP contribution in [0.25, 0.3) is 0 Å². The van der Waals surface area contributed by atoms with Crippen molar-refractivity contribution in [2.45, 2.75) is 32.1 Å². The number of amides is 2. The standard InChI is InChI=1S/C28H32N4O2/c1-2-25(23-12-7-4-8-13-23)28(34)30-24-14-15-26(29-21-24)31-16-9-17-32(19-18-31)27(33)20-22-10-5-3-6-11-22/h3-8,10-15,21,25H,2,9,16-20H2,1H3,(H,30,34). The molecule has 0 spiro atoms. The highest BCUT2D eigenvalue weighted by Gasteiger charge is 2.21. The summed E-state index contributed by atoms with van der Waals surface area (Å²) in [4.78, 5) is 34.3. The molecule has 1 fully saturated rings. The zero-order valence-corrected chi connectivity index (χ0v) is 19.7. The normalized spacial score (nSPS) is 14.9. The van der Waals surface area contributed by atoms with Gasteiger partial charge < -0.3 is 15.1 Å². The number of pyridine rings is 1. The van der Waals surface area contributed by atoms with Gasteiger partial charge in [0.05, 0.1) is 24.2 Å². The zero-order valence-electron chi connectivity index (χ0n) is 19.7. The number of rotatable bonds is 7. The van der Waals surface area contributed by atoms with Gasteiger partial charge in [0.25, 0.3) is 0 Å². The third-order valence-corrected chi connectivity index (χ3v) is 6.31. The first kappa shape index (κ1) is 23.5. The lowest BCUT2D eigenvalue weighted by Crippen LogP contribution is -2.36. The molecule has 2 aromatic carbocycles. The van der Waals surface area contributed by atoms with E-state index in [0.717, 1.165) is 49.4 Å². The second-order valence-corrected chi connectivity index (χ2v) is 8.65. The summed E-state index contributed by atoms with van der Waals surface area (Å²) in [6.45, 7) is 5.05. The molecule has 2 heterocycles. The molecule has 3 aromatic rings. The van der Waals surface area contributed by atoms with Crippen LogP contribution in [0.2, 0.25) is 0 Å². The molecule has 1 aromatic heterocycles. The Kier molecular flexibility index (Phi) is 7.91. The fourth-order valence-electron chi connectivity index (χ4n) is 4.41. The van der Waals surface area contributed by atoms with Gasteiger partial charge in [-0.1, -0.05) is 67.6 Å². The zero-order chi connectivity index (χ0) is 23.8. The summed E-state index contributed by atoms with van der Waals surface area (Å²) in [6, 6.07) is 23.6. The molecule has 1 saturated heterocycles. The van der Waals surface area contributed by atoms with E-state index in [4.69, 9.17) is 0 Å². The quantitative estimate of drug-likeness (QED) is 0.569. The van der Waals surface area contributed by atoms with E-state index >= 15 is 0 Å². The number of hydrogen-bond donors (Lipinski definition) is 1. The Bertz CT molecular complexity index is 1070. The first-order valence-corrected chi connectivity index (χ1v) is 12.0. The molecule has 34 heavy (non-hydrogen) atoms. The van der Waals surface area contributed by atoms with E-state index in [1.54, 1.807) is 6.20 Å². The van der Waals surface area contributed by atoms with Gasteiger partial charge in [-0.15, -0.1) is 0 Å². The van der Waals surface area contributed by atoms with Crippen LogP contribution >= 0.6 is 0 Å². The van der Waals surface area contributed by atoms with Crippen molar-refractivity contribution in [1.82, 2.24) is 9.88 Å². The minimum atomic E-state index is -0.189. The second kappa shape index (κ2) is 11.5. The Labute approximate surface area is 201 Å². The van der Waals surface area contributed by atoms with Gasteiger partial charge in [-0.05, 0) is 36.1 Å². The highest BCUT2D eigenvalue weighted by molar-refractivity contribution is 5.95. The van der Waals surface area contributed by atoms with Gasteiger partial charge in [0.2, 0.25) is 11.8 Å². The fraction of sp³-hybridized carbons (Fsp3) is 0.321. The maximum atomic E-state index is 12.8. The minimum Gasteiger partial charge on any atom is -0.355 e. The van der Waals surface area contributed by atoms with E-state index in [9.17, 15) is 9.59 Å². The Morgan fingerprint density at radius 1 is 0.912 bits per heavy atom. The van der Waals surface area contributed by atoms with Crippen LogP contribution in [0.4, 0.5) is 11.5 Å². The molecule has 1 N–H and O–H groups in total. The van der Waals surface area contributed by atoms with E-state index in [-0.39, 0.29) is 17.7 Å². The molecule has 0 saturated carbocycles. The predicted octanol–water partition coefficient (Wildman–Crippen LogP) is 4.50. The Morgan fingerprint density at radius 3 is 2.32 bits per heavy atom. The maximum Gasteiger partial charge on any atom is 0.231 e. The molecule has 0 bridgehead atoms. The topological polar surface area (TPSA) is 65.5 Å². The minimum absolute atomic E-state index is 0.0226. The Morgan fingerprint density at radius 2 is 1.65 bits per heavy atom. The van der Waals surface area contributed by atoms with Crippen LogP contribution in [0.1, 0.15) is 36.8 Å². The first-order chi connectivity index (χ1) is 16.6. The van der Waals surface area contributed by atoms with Crippen molar-refractivity contribution < 1.29 is 9.59 Å². The molecule has 1 atom stereocenters. The SMILES string of the molecule is CCC(C(=O)Nc1ccc(N2CCCN(C(=O)Cc3ccccc3)CC2)nc1)c1ccccc1. The molecule has 6 nitrogen and oxygen atoms in total. The van der Waals surface area contributed by atoms with E-state index in [0.29, 0.717) is 18.7 Å². The van der Waals surface area contributed by atoms with Crippen LogP contribution in [0.3, 0.4) is 0 Å². The highest BCUT2D eigenvalue weighted by Crippen LogP contribution is 2.22. The molecular formula is C28H32N4O2. The number of benzene rings is 2. The molecule has 2 amide bonds.